The lowest BCUT2D eigenvalue weighted by atomic mass is 10.1. The molecule has 2 amide bonds. The fourth-order valence-corrected chi connectivity index (χ4v) is 2.68. The van der Waals surface area contributed by atoms with Crippen LogP contribution < -0.4 is 10.4 Å². The highest BCUT2D eigenvalue weighted by atomic mass is 19.4. The van der Waals surface area contributed by atoms with E-state index in [1.165, 1.54) is 42.5 Å². The summed E-state index contributed by atoms with van der Waals surface area (Å²) in [5.41, 5.74) is 1.86. The van der Waals surface area contributed by atoms with Gasteiger partial charge in [-0.25, -0.2) is 9.80 Å². The highest BCUT2D eigenvalue weighted by Crippen LogP contribution is 2.32. The number of alkyl halides is 3. The van der Waals surface area contributed by atoms with Crippen LogP contribution in [0.4, 0.5) is 18.9 Å². The second-order valence-electron chi connectivity index (χ2n) is 6.04. The van der Waals surface area contributed by atoms with Crippen LogP contribution in [0.3, 0.4) is 0 Å². The van der Waals surface area contributed by atoms with Gasteiger partial charge in [0.1, 0.15) is 6.61 Å². The molecule has 0 saturated carbocycles. The summed E-state index contributed by atoms with van der Waals surface area (Å²) in [6, 6.07) is 10.4. The van der Waals surface area contributed by atoms with E-state index >= 15 is 0 Å². The van der Waals surface area contributed by atoms with Crippen LogP contribution in [-0.4, -0.2) is 17.8 Å². The van der Waals surface area contributed by atoms with Gasteiger partial charge in [-0.3, -0.25) is 15.0 Å². The van der Waals surface area contributed by atoms with Crippen molar-refractivity contribution in [2.75, 3.05) is 5.01 Å². The van der Waals surface area contributed by atoms with Gasteiger partial charge in [-0.1, -0.05) is 18.2 Å². The third-order valence-electron chi connectivity index (χ3n) is 4.09. The molecule has 146 valence electrons. The SMILES string of the molecule is O=C1CCC(=O)N(c2ccc(C(=O)OCc3ccccc3C(F)(F)F)cc2)N1. The van der Waals surface area contributed by atoms with E-state index < -0.39 is 24.3 Å². The number of benzene rings is 2. The Morgan fingerprint density at radius 1 is 1.04 bits per heavy atom. The molecule has 0 aromatic heterocycles. The molecule has 3 rings (SSSR count). The molecular weight excluding hydrogens is 377 g/mol. The Morgan fingerprint density at radius 2 is 1.71 bits per heavy atom. The molecule has 1 heterocycles. The van der Waals surface area contributed by atoms with Crippen molar-refractivity contribution in [1.29, 1.82) is 0 Å². The van der Waals surface area contributed by atoms with E-state index in [1.807, 2.05) is 0 Å². The fourth-order valence-electron chi connectivity index (χ4n) is 2.68. The predicted molar refractivity (Wildman–Crippen MR) is 91.9 cm³/mol. The Morgan fingerprint density at radius 3 is 2.39 bits per heavy atom. The summed E-state index contributed by atoms with van der Waals surface area (Å²) in [5, 5.41) is 1.08. The van der Waals surface area contributed by atoms with E-state index in [9.17, 15) is 27.6 Å². The highest BCUT2D eigenvalue weighted by Gasteiger charge is 2.33. The van der Waals surface area contributed by atoms with Crippen LogP contribution in [0.15, 0.2) is 48.5 Å². The number of nitrogens with zero attached hydrogens (tertiary/aromatic N) is 1. The molecule has 0 atom stereocenters. The van der Waals surface area contributed by atoms with Crippen molar-refractivity contribution in [3.63, 3.8) is 0 Å². The van der Waals surface area contributed by atoms with Crippen LogP contribution in [0, 0.1) is 0 Å². The molecule has 0 aliphatic carbocycles. The maximum Gasteiger partial charge on any atom is 0.416 e. The van der Waals surface area contributed by atoms with Gasteiger partial charge in [-0.05, 0) is 30.3 Å². The molecule has 0 radical (unpaired) electrons. The van der Waals surface area contributed by atoms with Gasteiger partial charge in [0, 0.05) is 18.4 Å². The molecule has 1 saturated heterocycles. The molecule has 0 spiro atoms. The summed E-state index contributed by atoms with van der Waals surface area (Å²) >= 11 is 0. The van der Waals surface area contributed by atoms with Gasteiger partial charge >= 0.3 is 12.1 Å². The zero-order valence-electron chi connectivity index (χ0n) is 14.5. The monoisotopic (exact) mass is 392 g/mol. The molecule has 1 aliphatic rings. The number of hydrogen-bond acceptors (Lipinski definition) is 4. The standard InChI is InChI=1S/C19H15F3N2O4/c20-19(21,22)15-4-2-1-3-13(15)11-28-18(27)12-5-7-14(8-6-12)24-17(26)10-9-16(25)23-24/h1-8H,9-11H2,(H,23,25). The summed E-state index contributed by atoms with van der Waals surface area (Å²) in [6.07, 6.45) is -4.36. The zero-order chi connectivity index (χ0) is 20.3. The van der Waals surface area contributed by atoms with E-state index in [2.05, 4.69) is 5.43 Å². The Bertz CT molecular complexity index is 910. The lowest BCUT2D eigenvalue weighted by Crippen LogP contribution is -2.50. The van der Waals surface area contributed by atoms with Crippen molar-refractivity contribution >= 4 is 23.5 Å². The Hall–Kier alpha value is -3.36. The molecule has 1 aliphatic heterocycles. The molecule has 28 heavy (non-hydrogen) atoms. The third kappa shape index (κ3) is 4.30. The van der Waals surface area contributed by atoms with Crippen molar-refractivity contribution < 1.29 is 32.3 Å². The number of amides is 2. The largest absolute Gasteiger partial charge is 0.457 e. The Balaban J connectivity index is 1.68. The van der Waals surface area contributed by atoms with Crippen molar-refractivity contribution in [2.24, 2.45) is 0 Å². The third-order valence-corrected chi connectivity index (χ3v) is 4.09. The number of nitrogens with one attached hydrogen (secondary N) is 1. The van der Waals surface area contributed by atoms with Gasteiger partial charge in [-0.15, -0.1) is 0 Å². The average molecular weight is 392 g/mol. The normalized spacial score (nSPS) is 14.6. The van der Waals surface area contributed by atoms with Crippen LogP contribution >= 0.6 is 0 Å². The van der Waals surface area contributed by atoms with Crippen molar-refractivity contribution in [1.82, 2.24) is 5.43 Å². The van der Waals surface area contributed by atoms with E-state index in [-0.39, 0.29) is 35.8 Å². The van der Waals surface area contributed by atoms with Gasteiger partial charge in [0.05, 0.1) is 16.8 Å². The van der Waals surface area contributed by atoms with Crippen molar-refractivity contribution in [2.45, 2.75) is 25.6 Å². The van der Waals surface area contributed by atoms with Crippen LogP contribution in [-0.2, 0) is 27.1 Å². The maximum atomic E-state index is 13.0. The molecule has 1 fully saturated rings. The summed E-state index contributed by atoms with van der Waals surface area (Å²) in [7, 11) is 0. The minimum atomic E-state index is -4.55. The molecule has 0 bridgehead atoms. The van der Waals surface area contributed by atoms with E-state index in [1.54, 1.807) is 0 Å². The minimum Gasteiger partial charge on any atom is -0.457 e. The number of rotatable bonds is 4. The number of esters is 1. The molecule has 6 nitrogen and oxygen atoms in total. The second kappa shape index (κ2) is 7.71. The van der Waals surface area contributed by atoms with Crippen LogP contribution in [0.2, 0.25) is 0 Å². The predicted octanol–water partition coefficient (Wildman–Crippen LogP) is 3.22. The number of hydrazine groups is 1. The van der Waals surface area contributed by atoms with Gasteiger partial charge < -0.3 is 4.74 Å². The summed E-state index contributed by atoms with van der Waals surface area (Å²) in [6.45, 7) is -0.531. The van der Waals surface area contributed by atoms with Gasteiger partial charge in [-0.2, -0.15) is 13.2 Å². The van der Waals surface area contributed by atoms with Gasteiger partial charge in [0.25, 0.3) is 0 Å². The van der Waals surface area contributed by atoms with Crippen LogP contribution in [0.5, 0.6) is 0 Å². The molecule has 9 heteroatoms. The number of ether oxygens (including phenoxy) is 1. The second-order valence-corrected chi connectivity index (χ2v) is 6.04. The van der Waals surface area contributed by atoms with E-state index in [0.29, 0.717) is 5.69 Å². The van der Waals surface area contributed by atoms with E-state index in [4.69, 9.17) is 4.74 Å². The van der Waals surface area contributed by atoms with E-state index in [0.717, 1.165) is 11.1 Å². The first-order valence-electron chi connectivity index (χ1n) is 8.30. The molecule has 1 N–H and O–H groups in total. The Kier molecular flexibility index (Phi) is 5.34. The number of halogens is 3. The first-order chi connectivity index (χ1) is 13.3. The number of carbonyl (C=O) groups is 3. The fraction of sp³-hybridized carbons (Fsp3) is 0.211. The summed E-state index contributed by atoms with van der Waals surface area (Å²) < 4.78 is 43.9. The van der Waals surface area contributed by atoms with Crippen LogP contribution in [0.1, 0.15) is 34.3 Å². The molecule has 0 unspecified atom stereocenters. The molecule has 2 aromatic rings. The summed E-state index contributed by atoms with van der Waals surface area (Å²) in [4.78, 5) is 35.4. The Labute approximate surface area is 157 Å². The number of hydrogen-bond donors (Lipinski definition) is 1. The summed E-state index contributed by atoms with van der Waals surface area (Å²) in [5.74, 6) is -1.40. The quantitative estimate of drug-likeness (QED) is 0.811. The van der Waals surface area contributed by atoms with Crippen molar-refractivity contribution in [3.8, 4) is 0 Å². The zero-order valence-corrected chi connectivity index (χ0v) is 14.5. The lowest BCUT2D eigenvalue weighted by molar-refractivity contribution is -0.138. The van der Waals surface area contributed by atoms with Crippen LogP contribution in [0.25, 0.3) is 0 Å². The smallest absolute Gasteiger partial charge is 0.416 e. The minimum absolute atomic E-state index is 0.0776. The van der Waals surface area contributed by atoms with Crippen molar-refractivity contribution in [3.05, 3.63) is 65.2 Å². The molecule has 2 aromatic carbocycles. The first kappa shape index (κ1) is 19.4. The highest BCUT2D eigenvalue weighted by molar-refractivity contribution is 6.01. The molecular formula is C19H15F3N2O4. The maximum absolute atomic E-state index is 13.0. The van der Waals surface area contributed by atoms with Gasteiger partial charge in [0.2, 0.25) is 11.8 Å². The number of carbonyl (C=O) groups excluding carboxylic acids is 3. The number of anilines is 1. The average Bonchev–Trinajstić information content (AvgIpc) is 2.67. The first-order valence-corrected chi connectivity index (χ1v) is 8.30. The topological polar surface area (TPSA) is 75.7 Å². The lowest BCUT2D eigenvalue weighted by Gasteiger charge is -2.27. The van der Waals surface area contributed by atoms with Gasteiger partial charge in [0.15, 0.2) is 0 Å².